The number of fused-ring (bicyclic) bond motifs is 1. The minimum atomic E-state index is -1.34. The van der Waals surface area contributed by atoms with Crippen molar-refractivity contribution in [1.29, 1.82) is 0 Å². The van der Waals surface area contributed by atoms with Crippen LogP contribution in [0.3, 0.4) is 0 Å². The number of hydrogen-bond donors (Lipinski definition) is 4. The number of pyridine rings is 1. The maximum absolute atomic E-state index is 10.5. The normalized spacial score (nSPS) is 14.7. The van der Waals surface area contributed by atoms with Crippen LogP contribution < -0.4 is 0 Å². The number of hydrogen-bond acceptors (Lipinski definition) is 4. The lowest BCUT2D eigenvalue weighted by Gasteiger charge is -2.15. The van der Waals surface area contributed by atoms with Crippen LogP contribution in [0.4, 0.5) is 0 Å². The summed E-state index contributed by atoms with van der Waals surface area (Å²) in [6.45, 7) is 0. The summed E-state index contributed by atoms with van der Waals surface area (Å²) in [4.78, 5) is 17.3. The van der Waals surface area contributed by atoms with Gasteiger partial charge in [0.2, 0.25) is 0 Å². The number of aliphatic hydroxyl groups excluding tert-OH is 2. The van der Waals surface area contributed by atoms with E-state index in [0.717, 1.165) is 0 Å². The second kappa shape index (κ2) is 4.52. The molecule has 2 unspecified atom stereocenters. The van der Waals surface area contributed by atoms with Gasteiger partial charge < -0.3 is 20.3 Å². The first-order chi connectivity index (χ1) is 8.09. The third kappa shape index (κ3) is 2.27. The monoisotopic (exact) mass is 236 g/mol. The van der Waals surface area contributed by atoms with Gasteiger partial charge in [0.05, 0.1) is 12.5 Å². The molecular weight excluding hydrogens is 224 g/mol. The lowest BCUT2D eigenvalue weighted by Crippen LogP contribution is -2.21. The summed E-state index contributed by atoms with van der Waals surface area (Å²) in [6.07, 6.45) is 0.0280. The van der Waals surface area contributed by atoms with Crippen molar-refractivity contribution in [2.45, 2.75) is 18.6 Å². The SMILES string of the molecule is O=C(O)CC(O)C(O)c1c[nH]c2ncccc12. The predicted molar refractivity (Wildman–Crippen MR) is 59.3 cm³/mol. The Labute approximate surface area is 96.5 Å². The molecule has 0 bridgehead atoms. The lowest BCUT2D eigenvalue weighted by molar-refractivity contribution is -0.141. The summed E-state index contributed by atoms with van der Waals surface area (Å²) in [5, 5.41) is 28.6. The van der Waals surface area contributed by atoms with Crippen LogP contribution in [0.25, 0.3) is 11.0 Å². The minimum Gasteiger partial charge on any atom is -0.481 e. The van der Waals surface area contributed by atoms with Gasteiger partial charge in [-0.2, -0.15) is 0 Å². The number of carbonyl (C=O) groups is 1. The van der Waals surface area contributed by atoms with Crippen molar-refractivity contribution in [3.05, 3.63) is 30.1 Å². The molecule has 0 amide bonds. The van der Waals surface area contributed by atoms with E-state index < -0.39 is 24.6 Å². The van der Waals surface area contributed by atoms with Crippen LogP contribution in [0.5, 0.6) is 0 Å². The van der Waals surface area contributed by atoms with Gasteiger partial charge in [-0.05, 0) is 12.1 Å². The molecule has 6 nitrogen and oxygen atoms in total. The fraction of sp³-hybridized carbons (Fsp3) is 0.273. The minimum absolute atomic E-state index is 0.446. The number of aliphatic hydroxyl groups is 2. The predicted octanol–water partition coefficient (Wildman–Crippen LogP) is 0.432. The Kier molecular flexibility index (Phi) is 3.08. The van der Waals surface area contributed by atoms with E-state index in [2.05, 4.69) is 9.97 Å². The van der Waals surface area contributed by atoms with E-state index in [1.165, 1.54) is 6.20 Å². The molecule has 0 saturated heterocycles. The molecule has 17 heavy (non-hydrogen) atoms. The van der Waals surface area contributed by atoms with Gasteiger partial charge in [0.1, 0.15) is 11.8 Å². The van der Waals surface area contributed by atoms with Crippen LogP contribution in [0, 0.1) is 0 Å². The Balaban J connectivity index is 2.30. The number of aromatic amines is 1. The van der Waals surface area contributed by atoms with Crippen molar-refractivity contribution in [3.8, 4) is 0 Å². The number of carboxylic acid groups (broad SMARTS) is 1. The van der Waals surface area contributed by atoms with Gasteiger partial charge >= 0.3 is 5.97 Å². The summed E-state index contributed by atoms with van der Waals surface area (Å²) in [5.41, 5.74) is 1.03. The highest BCUT2D eigenvalue weighted by Gasteiger charge is 2.23. The second-order valence-corrected chi connectivity index (χ2v) is 3.75. The van der Waals surface area contributed by atoms with Crippen LogP contribution in [0.2, 0.25) is 0 Å². The zero-order chi connectivity index (χ0) is 12.4. The Morgan fingerprint density at radius 3 is 2.94 bits per heavy atom. The summed E-state index contributed by atoms with van der Waals surface area (Å²) in [7, 11) is 0. The van der Waals surface area contributed by atoms with E-state index in [4.69, 9.17) is 5.11 Å². The smallest absolute Gasteiger partial charge is 0.306 e. The van der Waals surface area contributed by atoms with Crippen LogP contribution in [-0.4, -0.2) is 37.4 Å². The number of H-pyrrole nitrogens is 1. The molecule has 0 aliphatic rings. The standard InChI is InChI=1S/C11H12N2O4/c14-8(4-9(15)16)10(17)7-5-13-11-6(7)2-1-3-12-11/h1-3,5,8,10,14,17H,4H2,(H,12,13)(H,15,16). The first kappa shape index (κ1) is 11.6. The third-order valence-electron chi connectivity index (χ3n) is 2.55. The quantitative estimate of drug-likeness (QED) is 0.616. The van der Waals surface area contributed by atoms with E-state index in [9.17, 15) is 15.0 Å². The van der Waals surface area contributed by atoms with Gasteiger partial charge in [-0.1, -0.05) is 0 Å². The van der Waals surface area contributed by atoms with Crippen LogP contribution in [0.15, 0.2) is 24.5 Å². The van der Waals surface area contributed by atoms with Gasteiger partial charge in [0, 0.05) is 23.3 Å². The average molecular weight is 236 g/mol. The number of carboxylic acids is 1. The molecule has 0 spiro atoms. The first-order valence-corrected chi connectivity index (χ1v) is 5.09. The van der Waals surface area contributed by atoms with Crippen molar-refractivity contribution in [1.82, 2.24) is 9.97 Å². The number of nitrogens with one attached hydrogen (secondary N) is 1. The highest BCUT2D eigenvalue weighted by atomic mass is 16.4. The van der Waals surface area contributed by atoms with E-state index in [1.54, 1.807) is 18.3 Å². The summed E-state index contributed by atoms with van der Waals surface area (Å²) < 4.78 is 0. The molecule has 0 aliphatic heterocycles. The molecule has 0 saturated carbocycles. The zero-order valence-corrected chi connectivity index (χ0v) is 8.87. The molecule has 0 radical (unpaired) electrons. The molecule has 90 valence electrons. The highest BCUT2D eigenvalue weighted by molar-refractivity contribution is 5.80. The topological polar surface area (TPSA) is 106 Å². The van der Waals surface area contributed by atoms with E-state index in [-0.39, 0.29) is 0 Å². The maximum Gasteiger partial charge on any atom is 0.306 e. The van der Waals surface area contributed by atoms with Crippen LogP contribution >= 0.6 is 0 Å². The fourth-order valence-corrected chi connectivity index (χ4v) is 1.72. The van der Waals surface area contributed by atoms with Crippen molar-refractivity contribution >= 4 is 17.0 Å². The molecule has 2 aromatic heterocycles. The molecule has 4 N–H and O–H groups in total. The molecule has 6 heteroatoms. The first-order valence-electron chi connectivity index (χ1n) is 5.09. The molecule has 0 aromatic carbocycles. The van der Waals surface area contributed by atoms with E-state index in [0.29, 0.717) is 16.6 Å². The molecule has 2 aromatic rings. The largest absolute Gasteiger partial charge is 0.481 e. The number of rotatable bonds is 4. The van der Waals surface area contributed by atoms with Crippen molar-refractivity contribution < 1.29 is 20.1 Å². The second-order valence-electron chi connectivity index (χ2n) is 3.75. The van der Waals surface area contributed by atoms with Gasteiger partial charge in [-0.15, -0.1) is 0 Å². The number of nitrogens with zero attached hydrogens (tertiary/aromatic N) is 1. The lowest BCUT2D eigenvalue weighted by atomic mass is 10.0. The summed E-state index contributed by atoms with van der Waals surface area (Å²) in [5.74, 6) is -1.16. The Hall–Kier alpha value is -1.92. The number of aromatic nitrogens is 2. The zero-order valence-electron chi connectivity index (χ0n) is 8.87. The molecule has 2 rings (SSSR count). The maximum atomic E-state index is 10.5. The Bertz CT molecular complexity index is 537. The van der Waals surface area contributed by atoms with Gasteiger partial charge in [-0.25, -0.2) is 4.98 Å². The van der Waals surface area contributed by atoms with Crippen LogP contribution in [0.1, 0.15) is 18.1 Å². The third-order valence-corrected chi connectivity index (χ3v) is 2.55. The molecule has 2 atom stereocenters. The summed E-state index contributed by atoms with van der Waals surface area (Å²) >= 11 is 0. The van der Waals surface area contributed by atoms with Gasteiger partial charge in [0.25, 0.3) is 0 Å². The van der Waals surface area contributed by atoms with Crippen molar-refractivity contribution in [3.63, 3.8) is 0 Å². The van der Waals surface area contributed by atoms with Gasteiger partial charge in [-0.3, -0.25) is 4.79 Å². The molecule has 0 fully saturated rings. The van der Waals surface area contributed by atoms with Crippen LogP contribution in [-0.2, 0) is 4.79 Å². The Morgan fingerprint density at radius 1 is 1.47 bits per heavy atom. The van der Waals surface area contributed by atoms with Gasteiger partial charge in [0.15, 0.2) is 0 Å². The molecule has 0 aliphatic carbocycles. The summed E-state index contributed by atoms with van der Waals surface area (Å²) in [6, 6.07) is 3.45. The number of aliphatic carboxylic acids is 1. The highest BCUT2D eigenvalue weighted by Crippen LogP contribution is 2.26. The molecular formula is C11H12N2O4. The van der Waals surface area contributed by atoms with E-state index >= 15 is 0 Å². The Morgan fingerprint density at radius 2 is 2.24 bits per heavy atom. The van der Waals surface area contributed by atoms with E-state index in [1.807, 2.05) is 0 Å². The fourth-order valence-electron chi connectivity index (χ4n) is 1.72. The molecule has 2 heterocycles. The average Bonchev–Trinajstić information content (AvgIpc) is 2.70. The van der Waals surface area contributed by atoms with Crippen molar-refractivity contribution in [2.24, 2.45) is 0 Å². The van der Waals surface area contributed by atoms with Crippen molar-refractivity contribution in [2.75, 3.05) is 0 Å².